The van der Waals surface area contributed by atoms with Crippen molar-refractivity contribution in [1.82, 2.24) is 0 Å². The molecular weight excluding hydrogens is 170 g/mol. The zero-order valence-corrected chi connectivity index (χ0v) is 9.46. The summed E-state index contributed by atoms with van der Waals surface area (Å²) < 4.78 is 0. The van der Waals surface area contributed by atoms with E-state index in [2.05, 4.69) is 52.0 Å². The normalized spacial score (nSPS) is 12.4. The second-order valence-electron chi connectivity index (χ2n) is 4.06. The van der Waals surface area contributed by atoms with Gasteiger partial charge in [-0.15, -0.1) is 0 Å². The zero-order valence-electron chi connectivity index (χ0n) is 9.46. The van der Waals surface area contributed by atoms with E-state index in [0.717, 1.165) is 0 Å². The van der Waals surface area contributed by atoms with Crippen molar-refractivity contribution in [3.8, 4) is 0 Å². The topological polar surface area (TPSA) is 26.0 Å². The van der Waals surface area contributed by atoms with Gasteiger partial charge >= 0.3 is 0 Å². The first-order chi connectivity index (χ1) is 6.52. The number of hydrogen-bond donors (Lipinski definition) is 1. The number of benzene rings is 1. The van der Waals surface area contributed by atoms with Crippen LogP contribution in [0.3, 0.4) is 0 Å². The summed E-state index contributed by atoms with van der Waals surface area (Å²) in [6.45, 7) is 8.40. The molecule has 0 saturated heterocycles. The molecule has 0 radical (unpaired) electrons. The third-order valence-electron chi connectivity index (χ3n) is 2.52. The van der Waals surface area contributed by atoms with Crippen LogP contribution < -0.4 is 5.73 Å². The monoisotopic (exact) mass is 189 g/mol. The van der Waals surface area contributed by atoms with E-state index in [4.69, 9.17) is 5.73 Å². The quantitative estimate of drug-likeness (QED) is 0.710. The summed E-state index contributed by atoms with van der Waals surface area (Å²) in [4.78, 5) is 0. The van der Waals surface area contributed by atoms with Crippen molar-refractivity contribution >= 4 is 0 Å². The highest BCUT2D eigenvalue weighted by molar-refractivity contribution is 5.37. The number of hydrogen-bond acceptors (Lipinski definition) is 1. The molecule has 0 aromatic heterocycles. The zero-order chi connectivity index (χ0) is 10.7. The molecule has 76 valence electrons. The molecule has 1 unspecified atom stereocenters. The van der Waals surface area contributed by atoms with E-state index in [0.29, 0.717) is 0 Å². The van der Waals surface area contributed by atoms with E-state index < -0.39 is 0 Å². The molecule has 0 amide bonds. The molecule has 1 nitrogen and oxygen atoms in total. The largest absolute Gasteiger partial charge is 0.321 e. The molecule has 1 heteroatoms. The van der Waals surface area contributed by atoms with Crippen molar-refractivity contribution in [2.24, 2.45) is 5.73 Å². The molecule has 0 aliphatic rings. The Labute approximate surface area is 86.6 Å². The van der Waals surface area contributed by atoms with Gasteiger partial charge in [0.15, 0.2) is 0 Å². The highest BCUT2D eigenvalue weighted by Gasteiger charge is 2.06. The van der Waals surface area contributed by atoms with Crippen molar-refractivity contribution < 1.29 is 0 Å². The van der Waals surface area contributed by atoms with Gasteiger partial charge in [0.1, 0.15) is 0 Å². The highest BCUT2D eigenvalue weighted by Crippen LogP contribution is 2.20. The maximum atomic E-state index is 6.09. The lowest BCUT2D eigenvalue weighted by atomic mass is 9.97. The fourth-order valence-electron chi connectivity index (χ4n) is 1.58. The predicted molar refractivity (Wildman–Crippen MR) is 62.3 cm³/mol. The van der Waals surface area contributed by atoms with Gasteiger partial charge in [0.05, 0.1) is 0 Å². The predicted octanol–water partition coefficient (Wildman–Crippen LogP) is 3.27. The van der Waals surface area contributed by atoms with Gasteiger partial charge in [0.2, 0.25) is 0 Å². The summed E-state index contributed by atoms with van der Waals surface area (Å²) in [5, 5.41) is 0. The Morgan fingerprint density at radius 3 is 2.50 bits per heavy atom. The average molecular weight is 189 g/mol. The van der Waals surface area contributed by atoms with Crippen molar-refractivity contribution in [3.63, 3.8) is 0 Å². The molecule has 0 aliphatic carbocycles. The summed E-state index contributed by atoms with van der Waals surface area (Å²) in [7, 11) is 0. The van der Waals surface area contributed by atoms with Crippen molar-refractivity contribution in [2.45, 2.75) is 33.7 Å². The Balaban J connectivity index is 3.07. The highest BCUT2D eigenvalue weighted by atomic mass is 14.6. The molecule has 0 saturated carbocycles. The minimum atomic E-state index is 0.0277. The molecule has 0 bridgehead atoms. The number of rotatable bonds is 2. The lowest BCUT2D eigenvalue weighted by Gasteiger charge is -2.13. The molecule has 1 rings (SSSR count). The lowest BCUT2D eigenvalue weighted by molar-refractivity contribution is 0.885. The van der Waals surface area contributed by atoms with Crippen LogP contribution in [0.25, 0.3) is 0 Å². The smallest absolute Gasteiger partial charge is 0.0486 e. The van der Waals surface area contributed by atoms with Gasteiger partial charge in [-0.05, 0) is 44.4 Å². The summed E-state index contributed by atoms with van der Waals surface area (Å²) in [5.41, 5.74) is 11.2. The first-order valence-corrected chi connectivity index (χ1v) is 4.99. The van der Waals surface area contributed by atoms with Gasteiger partial charge in [-0.2, -0.15) is 0 Å². The second kappa shape index (κ2) is 4.43. The van der Waals surface area contributed by atoms with E-state index in [1.807, 2.05) is 0 Å². The summed E-state index contributed by atoms with van der Waals surface area (Å²) in [5.74, 6) is 0. The molecule has 0 heterocycles. The maximum Gasteiger partial charge on any atom is 0.0486 e. The van der Waals surface area contributed by atoms with Crippen molar-refractivity contribution in [3.05, 3.63) is 46.5 Å². The average Bonchev–Trinajstić information content (AvgIpc) is 2.08. The van der Waals surface area contributed by atoms with E-state index in [1.165, 1.54) is 22.3 Å². The molecule has 1 atom stereocenters. The van der Waals surface area contributed by atoms with Crippen LogP contribution in [0.5, 0.6) is 0 Å². The fourth-order valence-corrected chi connectivity index (χ4v) is 1.58. The minimum Gasteiger partial charge on any atom is -0.321 e. The summed E-state index contributed by atoms with van der Waals surface area (Å²) in [6, 6.07) is 6.32. The Hall–Kier alpha value is -1.08. The van der Waals surface area contributed by atoms with Crippen LogP contribution >= 0.6 is 0 Å². The van der Waals surface area contributed by atoms with Crippen LogP contribution in [-0.4, -0.2) is 0 Å². The van der Waals surface area contributed by atoms with E-state index in [-0.39, 0.29) is 6.04 Å². The third-order valence-corrected chi connectivity index (χ3v) is 2.52. The Bertz CT molecular complexity index is 346. The lowest BCUT2D eigenvalue weighted by Crippen LogP contribution is -2.09. The van der Waals surface area contributed by atoms with Crippen LogP contribution in [-0.2, 0) is 0 Å². The van der Waals surface area contributed by atoms with E-state index in [9.17, 15) is 0 Å². The number of allylic oxidation sites excluding steroid dienone is 1. The van der Waals surface area contributed by atoms with Crippen LogP contribution in [0.4, 0.5) is 0 Å². The standard InChI is InChI=1S/C13H19N/c1-9(2)8-13(14)12-7-5-6-10(3)11(12)4/h5-8,13H,14H2,1-4H3. The summed E-state index contributed by atoms with van der Waals surface area (Å²) >= 11 is 0. The van der Waals surface area contributed by atoms with Crippen molar-refractivity contribution in [2.75, 3.05) is 0 Å². The van der Waals surface area contributed by atoms with Gasteiger partial charge in [0.25, 0.3) is 0 Å². The van der Waals surface area contributed by atoms with E-state index >= 15 is 0 Å². The molecule has 0 spiro atoms. The first kappa shape index (κ1) is 11.0. The van der Waals surface area contributed by atoms with Crippen LogP contribution in [0.15, 0.2) is 29.8 Å². The van der Waals surface area contributed by atoms with E-state index in [1.54, 1.807) is 0 Å². The molecular formula is C13H19N. The third kappa shape index (κ3) is 2.46. The van der Waals surface area contributed by atoms with Gasteiger partial charge in [-0.3, -0.25) is 0 Å². The molecule has 1 aromatic rings. The molecule has 0 aliphatic heterocycles. The van der Waals surface area contributed by atoms with Gasteiger partial charge in [-0.1, -0.05) is 29.8 Å². The molecule has 0 fully saturated rings. The number of nitrogens with two attached hydrogens (primary N) is 1. The Kier molecular flexibility index (Phi) is 3.48. The van der Waals surface area contributed by atoms with Crippen LogP contribution in [0.2, 0.25) is 0 Å². The SMILES string of the molecule is CC(C)=CC(N)c1cccc(C)c1C. The first-order valence-electron chi connectivity index (χ1n) is 4.99. The molecule has 2 N–H and O–H groups in total. The summed E-state index contributed by atoms with van der Waals surface area (Å²) in [6.07, 6.45) is 2.10. The number of aryl methyl sites for hydroxylation is 1. The van der Waals surface area contributed by atoms with Gasteiger partial charge in [0, 0.05) is 6.04 Å². The second-order valence-corrected chi connectivity index (χ2v) is 4.06. The molecule has 1 aromatic carbocycles. The van der Waals surface area contributed by atoms with Crippen molar-refractivity contribution in [1.29, 1.82) is 0 Å². The van der Waals surface area contributed by atoms with Gasteiger partial charge in [-0.25, -0.2) is 0 Å². The minimum absolute atomic E-state index is 0.0277. The van der Waals surface area contributed by atoms with Crippen LogP contribution in [0.1, 0.15) is 36.6 Å². The Morgan fingerprint density at radius 2 is 1.93 bits per heavy atom. The maximum absolute atomic E-state index is 6.09. The van der Waals surface area contributed by atoms with Gasteiger partial charge < -0.3 is 5.73 Å². The molecule has 14 heavy (non-hydrogen) atoms. The van der Waals surface area contributed by atoms with Crippen LogP contribution in [0, 0.1) is 13.8 Å². The Morgan fingerprint density at radius 1 is 1.29 bits per heavy atom. The fraction of sp³-hybridized carbons (Fsp3) is 0.385.